The van der Waals surface area contributed by atoms with Gasteiger partial charge >= 0.3 is 0 Å². The number of rotatable bonds is 4. The lowest BCUT2D eigenvalue weighted by Gasteiger charge is -2.15. The standard InChI is InChI=1S/C15H15N3O/c1-18(2)15-10-6-9-14(13(15)11-19)17-16-12-7-4-3-5-8-12/h3-11H,1-2H3. The van der Waals surface area contributed by atoms with Gasteiger partial charge in [0.1, 0.15) is 0 Å². The third-order valence-corrected chi connectivity index (χ3v) is 2.69. The second-order valence-corrected chi connectivity index (χ2v) is 4.26. The van der Waals surface area contributed by atoms with Crippen LogP contribution in [-0.4, -0.2) is 20.4 Å². The fraction of sp³-hybridized carbons (Fsp3) is 0.133. The predicted molar refractivity (Wildman–Crippen MR) is 76.8 cm³/mol. The van der Waals surface area contributed by atoms with Gasteiger partial charge in [-0.3, -0.25) is 4.79 Å². The minimum Gasteiger partial charge on any atom is -0.377 e. The van der Waals surface area contributed by atoms with Crippen LogP contribution in [0.2, 0.25) is 0 Å². The summed E-state index contributed by atoms with van der Waals surface area (Å²) in [7, 11) is 3.78. The van der Waals surface area contributed by atoms with Crippen LogP contribution < -0.4 is 4.90 Å². The molecule has 4 heteroatoms. The van der Waals surface area contributed by atoms with Crippen molar-refractivity contribution < 1.29 is 4.79 Å². The molecule has 0 bridgehead atoms. The van der Waals surface area contributed by atoms with E-state index in [9.17, 15) is 4.79 Å². The normalized spacial score (nSPS) is 10.6. The highest BCUT2D eigenvalue weighted by molar-refractivity contribution is 5.91. The Morgan fingerprint density at radius 1 is 0.947 bits per heavy atom. The van der Waals surface area contributed by atoms with Crippen molar-refractivity contribution in [2.45, 2.75) is 0 Å². The molecule has 2 rings (SSSR count). The average Bonchev–Trinajstić information content (AvgIpc) is 2.45. The van der Waals surface area contributed by atoms with Crippen molar-refractivity contribution in [1.82, 2.24) is 0 Å². The molecule has 0 fully saturated rings. The third kappa shape index (κ3) is 3.04. The summed E-state index contributed by atoms with van der Waals surface area (Å²) >= 11 is 0. The predicted octanol–water partition coefficient (Wildman–Crippen LogP) is 3.98. The van der Waals surface area contributed by atoms with E-state index in [1.54, 1.807) is 6.07 Å². The summed E-state index contributed by atoms with van der Waals surface area (Å²) in [6.07, 6.45) is 0.814. The van der Waals surface area contributed by atoms with Crippen LogP contribution in [0, 0.1) is 0 Å². The molecule has 0 atom stereocenters. The van der Waals surface area contributed by atoms with Gasteiger partial charge in [-0.05, 0) is 24.3 Å². The van der Waals surface area contributed by atoms with Crippen molar-refractivity contribution in [3.8, 4) is 0 Å². The maximum absolute atomic E-state index is 11.2. The lowest BCUT2D eigenvalue weighted by molar-refractivity contribution is 0.112. The highest BCUT2D eigenvalue weighted by atomic mass is 16.1. The molecule has 0 heterocycles. The first-order chi connectivity index (χ1) is 9.22. The van der Waals surface area contributed by atoms with Crippen LogP contribution in [0.1, 0.15) is 10.4 Å². The first kappa shape index (κ1) is 13.0. The summed E-state index contributed by atoms with van der Waals surface area (Å²) in [6, 6.07) is 15.0. The van der Waals surface area contributed by atoms with Gasteiger partial charge < -0.3 is 4.90 Å². The molecule has 0 amide bonds. The van der Waals surface area contributed by atoms with Gasteiger partial charge in [0.15, 0.2) is 6.29 Å². The van der Waals surface area contributed by atoms with Crippen LogP contribution in [0.5, 0.6) is 0 Å². The third-order valence-electron chi connectivity index (χ3n) is 2.69. The molecule has 96 valence electrons. The molecule has 0 aliphatic rings. The number of azo groups is 1. The van der Waals surface area contributed by atoms with Crippen LogP contribution in [-0.2, 0) is 0 Å². The molecule has 19 heavy (non-hydrogen) atoms. The summed E-state index contributed by atoms with van der Waals surface area (Å²) in [4.78, 5) is 13.1. The van der Waals surface area contributed by atoms with Gasteiger partial charge in [0.2, 0.25) is 0 Å². The smallest absolute Gasteiger partial charge is 0.154 e. The molecule has 2 aromatic carbocycles. The number of carbonyl (C=O) groups is 1. The maximum Gasteiger partial charge on any atom is 0.154 e. The van der Waals surface area contributed by atoms with Gasteiger partial charge in [-0.2, -0.15) is 5.11 Å². The number of hydrogen-bond donors (Lipinski definition) is 0. The van der Waals surface area contributed by atoms with Crippen LogP contribution in [0.3, 0.4) is 0 Å². The molecule has 4 nitrogen and oxygen atoms in total. The Labute approximate surface area is 112 Å². The van der Waals surface area contributed by atoms with Crippen LogP contribution in [0.25, 0.3) is 0 Å². The van der Waals surface area contributed by atoms with Gasteiger partial charge in [-0.25, -0.2) is 0 Å². The molecular formula is C15H15N3O. The SMILES string of the molecule is CN(C)c1cccc(N=Nc2ccccc2)c1C=O. The molecule has 2 aromatic rings. The summed E-state index contributed by atoms with van der Waals surface area (Å²) in [5.41, 5.74) is 2.71. The van der Waals surface area contributed by atoms with E-state index in [2.05, 4.69) is 10.2 Å². The Hall–Kier alpha value is -2.49. The van der Waals surface area contributed by atoms with Gasteiger partial charge in [-0.1, -0.05) is 24.3 Å². The van der Waals surface area contributed by atoms with Crippen molar-refractivity contribution in [2.24, 2.45) is 10.2 Å². The van der Waals surface area contributed by atoms with Crippen molar-refractivity contribution >= 4 is 23.3 Å². The number of carbonyl (C=O) groups excluding carboxylic acids is 1. The van der Waals surface area contributed by atoms with Crippen molar-refractivity contribution in [3.05, 3.63) is 54.1 Å². The zero-order valence-corrected chi connectivity index (χ0v) is 10.9. The Morgan fingerprint density at radius 3 is 2.32 bits per heavy atom. The quantitative estimate of drug-likeness (QED) is 0.611. The highest BCUT2D eigenvalue weighted by Crippen LogP contribution is 2.28. The summed E-state index contributed by atoms with van der Waals surface area (Å²) in [5, 5.41) is 8.29. The maximum atomic E-state index is 11.2. The molecule has 0 aliphatic heterocycles. The van der Waals surface area contributed by atoms with E-state index >= 15 is 0 Å². The van der Waals surface area contributed by atoms with E-state index in [4.69, 9.17) is 0 Å². The fourth-order valence-corrected chi connectivity index (χ4v) is 1.75. The number of hydrogen-bond acceptors (Lipinski definition) is 4. The first-order valence-electron chi connectivity index (χ1n) is 5.94. The molecule has 0 aliphatic carbocycles. The van der Waals surface area contributed by atoms with E-state index in [1.807, 2.05) is 61.5 Å². The Kier molecular flexibility index (Phi) is 4.03. The van der Waals surface area contributed by atoms with Crippen LogP contribution in [0.15, 0.2) is 58.8 Å². The molecular weight excluding hydrogens is 238 g/mol. The Balaban J connectivity index is 2.38. The minimum absolute atomic E-state index is 0.548. The lowest BCUT2D eigenvalue weighted by Crippen LogP contribution is -2.10. The highest BCUT2D eigenvalue weighted by Gasteiger charge is 2.08. The average molecular weight is 253 g/mol. The molecule has 0 saturated carbocycles. The molecule has 0 N–H and O–H groups in total. The van der Waals surface area contributed by atoms with Crippen molar-refractivity contribution in [2.75, 3.05) is 19.0 Å². The monoisotopic (exact) mass is 253 g/mol. The minimum atomic E-state index is 0.548. The molecule has 0 unspecified atom stereocenters. The number of nitrogens with zero attached hydrogens (tertiary/aromatic N) is 3. The fourth-order valence-electron chi connectivity index (χ4n) is 1.75. The molecule has 0 radical (unpaired) electrons. The van der Waals surface area contributed by atoms with Crippen molar-refractivity contribution in [1.29, 1.82) is 0 Å². The van der Waals surface area contributed by atoms with Crippen molar-refractivity contribution in [3.63, 3.8) is 0 Å². The topological polar surface area (TPSA) is 45.0 Å². The lowest BCUT2D eigenvalue weighted by atomic mass is 10.1. The van der Waals surface area contributed by atoms with Gasteiger partial charge in [0, 0.05) is 19.8 Å². The number of benzene rings is 2. The van der Waals surface area contributed by atoms with Crippen LogP contribution >= 0.6 is 0 Å². The zero-order valence-electron chi connectivity index (χ0n) is 10.9. The van der Waals surface area contributed by atoms with E-state index in [-0.39, 0.29) is 0 Å². The van der Waals surface area contributed by atoms with E-state index in [0.717, 1.165) is 17.7 Å². The first-order valence-corrected chi connectivity index (χ1v) is 5.94. The van der Waals surface area contributed by atoms with E-state index in [0.29, 0.717) is 11.3 Å². The molecule has 0 aromatic heterocycles. The van der Waals surface area contributed by atoms with Gasteiger partial charge in [0.25, 0.3) is 0 Å². The molecule has 0 saturated heterocycles. The van der Waals surface area contributed by atoms with E-state index < -0.39 is 0 Å². The Morgan fingerprint density at radius 2 is 1.68 bits per heavy atom. The second-order valence-electron chi connectivity index (χ2n) is 4.26. The molecule has 0 spiro atoms. The zero-order chi connectivity index (χ0) is 13.7. The Bertz CT molecular complexity index is 592. The number of aldehydes is 1. The van der Waals surface area contributed by atoms with E-state index in [1.165, 1.54) is 0 Å². The number of anilines is 1. The summed E-state index contributed by atoms with van der Waals surface area (Å²) in [6.45, 7) is 0. The van der Waals surface area contributed by atoms with Gasteiger partial charge in [0.05, 0.1) is 16.9 Å². The van der Waals surface area contributed by atoms with Gasteiger partial charge in [-0.15, -0.1) is 5.11 Å². The second kappa shape index (κ2) is 5.91. The summed E-state index contributed by atoms with van der Waals surface area (Å²) in [5.74, 6) is 0. The van der Waals surface area contributed by atoms with Crippen LogP contribution in [0.4, 0.5) is 17.1 Å². The largest absolute Gasteiger partial charge is 0.377 e. The summed E-state index contributed by atoms with van der Waals surface area (Å²) < 4.78 is 0.